The third kappa shape index (κ3) is 1.29. The number of halogens is 1. The average Bonchev–Trinajstić information content (AvgIpc) is 2.38. The monoisotopic (exact) mass is 256 g/mol. The molecular formula is C7H9BrN6. The molecule has 0 spiro atoms. The minimum absolute atomic E-state index is 0.457. The van der Waals surface area contributed by atoms with Gasteiger partial charge in [0.05, 0.1) is 5.54 Å². The van der Waals surface area contributed by atoms with Gasteiger partial charge in [0, 0.05) is 12.0 Å². The average molecular weight is 257 g/mol. The van der Waals surface area contributed by atoms with E-state index in [4.69, 9.17) is 5.53 Å². The summed E-state index contributed by atoms with van der Waals surface area (Å²) >= 11 is 3.32. The van der Waals surface area contributed by atoms with E-state index in [0.717, 1.165) is 25.0 Å². The number of hydrogen-bond donors (Lipinski definition) is 0. The molecule has 0 saturated heterocycles. The van der Waals surface area contributed by atoms with Crippen LogP contribution in [0.1, 0.15) is 25.0 Å². The highest BCUT2D eigenvalue weighted by atomic mass is 79.9. The van der Waals surface area contributed by atoms with E-state index >= 15 is 0 Å². The molecule has 74 valence electrons. The molecular weight excluding hydrogens is 248 g/mol. The van der Waals surface area contributed by atoms with Gasteiger partial charge in [-0.15, -0.1) is 5.10 Å². The lowest BCUT2D eigenvalue weighted by atomic mass is 9.75. The molecule has 1 aromatic rings. The lowest BCUT2D eigenvalue weighted by Gasteiger charge is -2.35. The Labute approximate surface area is 89.0 Å². The summed E-state index contributed by atoms with van der Waals surface area (Å²) < 4.78 is 0.673. The van der Waals surface area contributed by atoms with Gasteiger partial charge >= 0.3 is 0 Å². The van der Waals surface area contributed by atoms with Gasteiger partial charge in [-0.2, -0.15) is 9.90 Å². The molecule has 1 aliphatic rings. The van der Waals surface area contributed by atoms with Gasteiger partial charge in [0.25, 0.3) is 0 Å². The van der Waals surface area contributed by atoms with Gasteiger partial charge in [0.15, 0.2) is 4.60 Å². The summed E-state index contributed by atoms with van der Waals surface area (Å²) in [6.45, 7) is 0. The number of hydrogen-bond acceptors (Lipinski definition) is 3. The first-order valence-corrected chi connectivity index (χ1v) is 5.11. The first kappa shape index (κ1) is 9.48. The second-order valence-electron chi connectivity index (χ2n) is 3.40. The maximum atomic E-state index is 8.51. The van der Waals surface area contributed by atoms with E-state index in [-0.39, 0.29) is 0 Å². The quantitative estimate of drug-likeness (QED) is 0.462. The fourth-order valence-corrected chi connectivity index (χ4v) is 2.33. The lowest BCUT2D eigenvalue weighted by molar-refractivity contribution is 0.243. The number of azide groups is 1. The standard InChI is InChI=1S/C7H9BrN6/c1-14-10-5(6(8)11-14)7(12-13-9)3-2-4-7/h2-4H2,1H3. The Morgan fingerprint density at radius 3 is 2.64 bits per heavy atom. The van der Waals surface area contributed by atoms with Crippen LogP contribution in [0.15, 0.2) is 9.72 Å². The molecule has 0 atom stereocenters. The zero-order valence-corrected chi connectivity index (χ0v) is 9.27. The van der Waals surface area contributed by atoms with E-state index in [1.165, 1.54) is 4.80 Å². The van der Waals surface area contributed by atoms with E-state index in [0.29, 0.717) is 4.60 Å². The second kappa shape index (κ2) is 3.25. The SMILES string of the molecule is Cn1nc(Br)c(C2(N=[N+]=[N-])CCC2)n1. The predicted octanol–water partition coefficient (Wildman–Crippen LogP) is 2.27. The van der Waals surface area contributed by atoms with Gasteiger partial charge in [-0.25, -0.2) is 0 Å². The minimum atomic E-state index is -0.457. The molecule has 2 rings (SSSR count). The van der Waals surface area contributed by atoms with E-state index in [1.54, 1.807) is 7.05 Å². The fourth-order valence-electron chi connectivity index (χ4n) is 1.65. The molecule has 1 aliphatic carbocycles. The Bertz CT molecular complexity index is 400. The van der Waals surface area contributed by atoms with E-state index in [1.807, 2.05) is 0 Å². The molecule has 0 aromatic carbocycles. The van der Waals surface area contributed by atoms with Crippen LogP contribution in [0, 0.1) is 0 Å². The van der Waals surface area contributed by atoms with E-state index in [2.05, 4.69) is 36.2 Å². The number of nitrogens with zero attached hydrogens (tertiary/aromatic N) is 6. The largest absolute Gasteiger partial charge is 0.187 e. The van der Waals surface area contributed by atoms with Crippen LogP contribution in [-0.2, 0) is 12.6 Å². The van der Waals surface area contributed by atoms with Crippen molar-refractivity contribution in [3.8, 4) is 0 Å². The highest BCUT2D eigenvalue weighted by Crippen LogP contribution is 2.46. The van der Waals surface area contributed by atoms with Gasteiger partial charge in [0.2, 0.25) is 0 Å². The normalized spacial score (nSPS) is 18.4. The predicted molar refractivity (Wildman–Crippen MR) is 53.4 cm³/mol. The van der Waals surface area contributed by atoms with Crippen molar-refractivity contribution in [2.75, 3.05) is 0 Å². The third-order valence-corrected chi connectivity index (χ3v) is 3.06. The summed E-state index contributed by atoms with van der Waals surface area (Å²) in [5, 5.41) is 12.1. The Kier molecular flexibility index (Phi) is 2.20. The molecule has 1 saturated carbocycles. The first-order valence-electron chi connectivity index (χ1n) is 4.31. The fraction of sp³-hybridized carbons (Fsp3) is 0.714. The summed E-state index contributed by atoms with van der Waals surface area (Å²) in [4.78, 5) is 4.36. The van der Waals surface area contributed by atoms with Gasteiger partial charge in [0.1, 0.15) is 5.69 Å². The molecule has 14 heavy (non-hydrogen) atoms. The molecule has 0 amide bonds. The van der Waals surface area contributed by atoms with Crippen LogP contribution in [0.5, 0.6) is 0 Å². The van der Waals surface area contributed by atoms with Gasteiger partial charge in [-0.3, -0.25) is 0 Å². The molecule has 0 N–H and O–H groups in total. The van der Waals surface area contributed by atoms with Gasteiger partial charge in [-0.05, 0) is 34.3 Å². The molecule has 6 nitrogen and oxygen atoms in total. The van der Waals surface area contributed by atoms with Crippen molar-refractivity contribution in [1.29, 1.82) is 0 Å². The summed E-state index contributed by atoms with van der Waals surface area (Å²) in [5.41, 5.74) is 8.81. The van der Waals surface area contributed by atoms with Crippen LogP contribution in [0.2, 0.25) is 0 Å². The number of rotatable bonds is 2. The number of aryl methyl sites for hydroxylation is 1. The van der Waals surface area contributed by atoms with Crippen molar-refractivity contribution in [2.45, 2.75) is 24.8 Å². The Hall–Kier alpha value is -1.07. The van der Waals surface area contributed by atoms with Gasteiger partial charge < -0.3 is 0 Å². The van der Waals surface area contributed by atoms with Crippen molar-refractivity contribution in [2.24, 2.45) is 12.2 Å². The van der Waals surface area contributed by atoms with Crippen molar-refractivity contribution in [3.63, 3.8) is 0 Å². The van der Waals surface area contributed by atoms with Crippen LogP contribution in [0.25, 0.3) is 10.4 Å². The van der Waals surface area contributed by atoms with E-state index < -0.39 is 5.54 Å². The maximum absolute atomic E-state index is 8.51. The molecule has 0 unspecified atom stereocenters. The summed E-state index contributed by atoms with van der Waals surface area (Å²) in [6.07, 6.45) is 2.78. The molecule has 0 aliphatic heterocycles. The lowest BCUT2D eigenvalue weighted by Crippen LogP contribution is -2.32. The van der Waals surface area contributed by atoms with Crippen LogP contribution < -0.4 is 0 Å². The second-order valence-corrected chi connectivity index (χ2v) is 4.15. The van der Waals surface area contributed by atoms with Crippen LogP contribution >= 0.6 is 15.9 Å². The molecule has 1 aromatic heterocycles. The maximum Gasteiger partial charge on any atom is 0.152 e. The highest BCUT2D eigenvalue weighted by Gasteiger charge is 2.42. The van der Waals surface area contributed by atoms with Crippen LogP contribution in [-0.4, -0.2) is 15.0 Å². The van der Waals surface area contributed by atoms with E-state index in [9.17, 15) is 0 Å². The Balaban J connectivity index is 2.45. The van der Waals surface area contributed by atoms with Crippen molar-refractivity contribution in [3.05, 3.63) is 20.7 Å². The summed E-state index contributed by atoms with van der Waals surface area (Å²) in [6, 6.07) is 0. The Morgan fingerprint density at radius 2 is 2.29 bits per heavy atom. The molecule has 7 heteroatoms. The molecule has 1 fully saturated rings. The Morgan fingerprint density at radius 1 is 1.57 bits per heavy atom. The van der Waals surface area contributed by atoms with Crippen molar-refractivity contribution in [1.82, 2.24) is 15.0 Å². The molecule has 1 heterocycles. The smallest absolute Gasteiger partial charge is 0.152 e. The zero-order valence-electron chi connectivity index (χ0n) is 7.68. The first-order chi connectivity index (χ1) is 6.68. The topological polar surface area (TPSA) is 79.5 Å². The summed E-state index contributed by atoms with van der Waals surface area (Å²) in [7, 11) is 1.75. The third-order valence-electron chi connectivity index (χ3n) is 2.53. The minimum Gasteiger partial charge on any atom is -0.187 e. The highest BCUT2D eigenvalue weighted by molar-refractivity contribution is 9.10. The number of aromatic nitrogens is 3. The van der Waals surface area contributed by atoms with Gasteiger partial charge in [-0.1, -0.05) is 11.5 Å². The molecule has 0 radical (unpaired) electrons. The van der Waals surface area contributed by atoms with Crippen LogP contribution in [0.3, 0.4) is 0 Å². The van der Waals surface area contributed by atoms with Crippen LogP contribution in [0.4, 0.5) is 0 Å². The zero-order chi connectivity index (χ0) is 10.2. The van der Waals surface area contributed by atoms with Crippen molar-refractivity contribution >= 4 is 15.9 Å². The van der Waals surface area contributed by atoms with Crippen molar-refractivity contribution < 1.29 is 0 Å². The summed E-state index contributed by atoms with van der Waals surface area (Å²) in [5.74, 6) is 0. The molecule has 0 bridgehead atoms.